The normalized spacial score (nSPS) is 20.4. The lowest BCUT2D eigenvalue weighted by atomic mass is 9.96. The maximum Gasteiger partial charge on any atom is 0.261 e. The fourth-order valence-electron chi connectivity index (χ4n) is 3.11. The van der Waals surface area contributed by atoms with Crippen LogP contribution in [0.3, 0.4) is 0 Å². The lowest BCUT2D eigenvalue weighted by Gasteiger charge is -2.17. The van der Waals surface area contributed by atoms with E-state index in [1.165, 1.54) is 5.56 Å². The number of rotatable bonds is 5. The van der Waals surface area contributed by atoms with Crippen molar-refractivity contribution in [3.05, 3.63) is 65.7 Å². The van der Waals surface area contributed by atoms with E-state index >= 15 is 0 Å². The number of benzene rings is 2. The van der Waals surface area contributed by atoms with Crippen molar-refractivity contribution in [2.24, 2.45) is 0 Å². The summed E-state index contributed by atoms with van der Waals surface area (Å²) in [6.07, 6.45) is 0.503. The second-order valence-electron chi connectivity index (χ2n) is 6.26. The Balaban J connectivity index is 1.51. The fraction of sp³-hybridized carbons (Fsp3) is 0.350. The molecule has 0 aromatic heterocycles. The summed E-state index contributed by atoms with van der Waals surface area (Å²) in [6.45, 7) is 4.90. The zero-order valence-electron chi connectivity index (χ0n) is 13.7. The Morgan fingerprint density at radius 3 is 2.57 bits per heavy atom. The minimum atomic E-state index is -0.417. The monoisotopic (exact) mass is 309 g/mol. The van der Waals surface area contributed by atoms with Crippen LogP contribution in [-0.2, 0) is 4.79 Å². The molecule has 3 heteroatoms. The molecule has 0 aliphatic carbocycles. The third kappa shape index (κ3) is 3.39. The van der Waals surface area contributed by atoms with Crippen LogP contribution in [0.1, 0.15) is 43.2 Å². The lowest BCUT2D eigenvalue weighted by molar-refractivity contribution is -0.127. The minimum Gasteiger partial charge on any atom is -0.480 e. The number of hydrogen-bond acceptors (Lipinski definition) is 2. The van der Waals surface area contributed by atoms with E-state index in [1.807, 2.05) is 37.3 Å². The van der Waals surface area contributed by atoms with E-state index in [-0.39, 0.29) is 11.8 Å². The smallest absolute Gasteiger partial charge is 0.261 e. The molecule has 23 heavy (non-hydrogen) atoms. The van der Waals surface area contributed by atoms with Crippen molar-refractivity contribution in [3.63, 3.8) is 0 Å². The van der Waals surface area contributed by atoms with Gasteiger partial charge in [0.25, 0.3) is 5.91 Å². The number of para-hydroxylation sites is 1. The molecule has 0 fully saturated rings. The van der Waals surface area contributed by atoms with Crippen LogP contribution in [0.15, 0.2) is 54.6 Å². The van der Waals surface area contributed by atoms with Gasteiger partial charge in [0.15, 0.2) is 6.10 Å². The molecular formula is C20H23NO2. The lowest BCUT2D eigenvalue weighted by Crippen LogP contribution is -2.39. The molecular weight excluding hydrogens is 286 g/mol. The highest BCUT2D eigenvalue weighted by molar-refractivity contribution is 5.83. The van der Waals surface area contributed by atoms with Gasteiger partial charge in [-0.25, -0.2) is 0 Å². The number of carbonyl (C=O) groups is 1. The van der Waals surface area contributed by atoms with E-state index < -0.39 is 6.10 Å². The van der Waals surface area contributed by atoms with Crippen molar-refractivity contribution in [3.8, 4) is 5.75 Å². The van der Waals surface area contributed by atoms with Crippen molar-refractivity contribution in [1.82, 2.24) is 5.32 Å². The van der Waals surface area contributed by atoms with Gasteiger partial charge in [0.1, 0.15) is 5.75 Å². The molecule has 2 aromatic carbocycles. The van der Waals surface area contributed by atoms with Gasteiger partial charge in [0.05, 0.1) is 0 Å². The van der Waals surface area contributed by atoms with Crippen molar-refractivity contribution >= 4 is 5.91 Å². The number of amides is 1. The van der Waals surface area contributed by atoms with Gasteiger partial charge < -0.3 is 10.1 Å². The SMILES string of the molecule is CC(CCNC(=O)C1Oc2ccccc2C1C)c1ccccc1. The van der Waals surface area contributed by atoms with Crippen molar-refractivity contribution < 1.29 is 9.53 Å². The average Bonchev–Trinajstić information content (AvgIpc) is 2.93. The van der Waals surface area contributed by atoms with Gasteiger partial charge in [0.2, 0.25) is 0 Å². The van der Waals surface area contributed by atoms with Crippen LogP contribution < -0.4 is 10.1 Å². The molecule has 1 N–H and O–H groups in total. The van der Waals surface area contributed by atoms with Gasteiger partial charge in [-0.2, -0.15) is 0 Å². The molecule has 120 valence electrons. The fourth-order valence-corrected chi connectivity index (χ4v) is 3.11. The van der Waals surface area contributed by atoms with Gasteiger partial charge >= 0.3 is 0 Å². The summed E-state index contributed by atoms with van der Waals surface area (Å²) in [5.41, 5.74) is 2.42. The second kappa shape index (κ2) is 6.86. The summed E-state index contributed by atoms with van der Waals surface area (Å²) in [4.78, 5) is 12.4. The molecule has 0 radical (unpaired) electrons. The van der Waals surface area contributed by atoms with E-state index in [0.717, 1.165) is 17.7 Å². The Hall–Kier alpha value is -2.29. The molecule has 0 saturated heterocycles. The maximum absolute atomic E-state index is 12.4. The predicted molar refractivity (Wildman–Crippen MR) is 91.8 cm³/mol. The van der Waals surface area contributed by atoms with Gasteiger partial charge in [-0.1, -0.05) is 62.4 Å². The van der Waals surface area contributed by atoms with Gasteiger partial charge in [-0.15, -0.1) is 0 Å². The van der Waals surface area contributed by atoms with Gasteiger partial charge in [-0.3, -0.25) is 4.79 Å². The van der Waals surface area contributed by atoms with Crippen LogP contribution >= 0.6 is 0 Å². The molecule has 1 aliphatic heterocycles. The molecule has 3 atom stereocenters. The second-order valence-corrected chi connectivity index (χ2v) is 6.26. The van der Waals surface area contributed by atoms with Crippen molar-refractivity contribution in [2.75, 3.05) is 6.54 Å². The first-order valence-corrected chi connectivity index (χ1v) is 8.25. The molecule has 0 bridgehead atoms. The highest BCUT2D eigenvalue weighted by atomic mass is 16.5. The molecule has 1 amide bonds. The third-order valence-corrected chi connectivity index (χ3v) is 4.62. The number of fused-ring (bicyclic) bond motifs is 1. The number of nitrogens with one attached hydrogen (secondary N) is 1. The van der Waals surface area contributed by atoms with Crippen molar-refractivity contribution in [2.45, 2.75) is 38.2 Å². The van der Waals surface area contributed by atoms with Crippen LogP contribution in [0, 0.1) is 0 Å². The Morgan fingerprint density at radius 1 is 1.13 bits per heavy atom. The van der Waals surface area contributed by atoms with Crippen LogP contribution in [0.25, 0.3) is 0 Å². The van der Waals surface area contributed by atoms with Crippen molar-refractivity contribution in [1.29, 1.82) is 0 Å². The van der Waals surface area contributed by atoms with Crippen LogP contribution in [0.4, 0.5) is 0 Å². The number of hydrogen-bond donors (Lipinski definition) is 1. The van der Waals surface area contributed by atoms with E-state index in [1.54, 1.807) is 0 Å². The first kappa shape index (κ1) is 15.6. The summed E-state index contributed by atoms with van der Waals surface area (Å²) >= 11 is 0. The highest BCUT2D eigenvalue weighted by Gasteiger charge is 2.35. The molecule has 0 saturated carbocycles. The Labute approximate surface area is 137 Å². The van der Waals surface area contributed by atoms with E-state index in [2.05, 4.69) is 36.5 Å². The van der Waals surface area contributed by atoms with Gasteiger partial charge in [0, 0.05) is 18.0 Å². The quantitative estimate of drug-likeness (QED) is 0.910. The minimum absolute atomic E-state index is 0.0195. The average molecular weight is 309 g/mol. The van der Waals surface area contributed by atoms with Crippen LogP contribution in [-0.4, -0.2) is 18.6 Å². The number of ether oxygens (including phenoxy) is 1. The van der Waals surface area contributed by atoms with E-state index in [0.29, 0.717) is 12.5 Å². The largest absolute Gasteiger partial charge is 0.480 e. The summed E-state index contributed by atoms with van der Waals surface area (Å²) in [5.74, 6) is 1.33. The zero-order valence-corrected chi connectivity index (χ0v) is 13.7. The molecule has 1 heterocycles. The molecule has 3 nitrogen and oxygen atoms in total. The molecule has 3 rings (SSSR count). The zero-order chi connectivity index (χ0) is 16.2. The summed E-state index contributed by atoms with van der Waals surface area (Å²) < 4.78 is 5.81. The Bertz CT molecular complexity index is 668. The molecule has 2 aromatic rings. The molecule has 1 aliphatic rings. The maximum atomic E-state index is 12.4. The molecule has 0 spiro atoms. The first-order chi connectivity index (χ1) is 11.2. The Kier molecular flexibility index (Phi) is 4.65. The first-order valence-electron chi connectivity index (χ1n) is 8.25. The predicted octanol–water partition coefficient (Wildman–Crippen LogP) is 3.86. The Morgan fingerprint density at radius 2 is 1.83 bits per heavy atom. The summed E-state index contributed by atoms with van der Waals surface area (Å²) in [6, 6.07) is 18.3. The highest BCUT2D eigenvalue weighted by Crippen LogP contribution is 2.37. The summed E-state index contributed by atoms with van der Waals surface area (Å²) in [5, 5.41) is 3.03. The van der Waals surface area contributed by atoms with Crippen LogP contribution in [0.5, 0.6) is 5.75 Å². The topological polar surface area (TPSA) is 38.3 Å². The van der Waals surface area contributed by atoms with Crippen LogP contribution in [0.2, 0.25) is 0 Å². The molecule has 3 unspecified atom stereocenters. The van der Waals surface area contributed by atoms with E-state index in [4.69, 9.17) is 4.74 Å². The standard InChI is InChI=1S/C20H23NO2/c1-14(16-8-4-3-5-9-16)12-13-21-20(22)19-15(2)17-10-6-7-11-18(17)23-19/h3-11,14-15,19H,12-13H2,1-2H3,(H,21,22). The summed E-state index contributed by atoms with van der Waals surface area (Å²) in [7, 11) is 0. The van der Waals surface area contributed by atoms with E-state index in [9.17, 15) is 4.79 Å². The third-order valence-electron chi connectivity index (χ3n) is 4.62. The van der Waals surface area contributed by atoms with Gasteiger partial charge in [-0.05, 0) is 24.0 Å². The number of carbonyl (C=O) groups excluding carboxylic acids is 1.